The summed E-state index contributed by atoms with van der Waals surface area (Å²) in [6.45, 7) is 3.85. The van der Waals surface area contributed by atoms with Gasteiger partial charge in [-0.15, -0.1) is 0 Å². The largest absolute Gasteiger partial charge is 0.353 e. The van der Waals surface area contributed by atoms with Gasteiger partial charge in [0.25, 0.3) is 5.56 Å². The molecule has 1 unspecified atom stereocenters. The van der Waals surface area contributed by atoms with E-state index in [-0.39, 0.29) is 18.4 Å². The van der Waals surface area contributed by atoms with Crippen molar-refractivity contribution in [2.24, 2.45) is 0 Å². The molecule has 6 nitrogen and oxygen atoms in total. The van der Waals surface area contributed by atoms with E-state index in [0.717, 1.165) is 6.42 Å². The molecule has 16 heavy (non-hydrogen) atoms. The molecule has 1 amide bonds. The average Bonchev–Trinajstić information content (AvgIpc) is 2.15. The second-order valence-corrected chi connectivity index (χ2v) is 3.67. The Balaban J connectivity index is 2.70. The molecule has 0 spiro atoms. The Bertz CT molecular complexity index is 446. The molecule has 3 N–H and O–H groups in total. The van der Waals surface area contributed by atoms with Gasteiger partial charge in [-0.3, -0.25) is 14.6 Å². The summed E-state index contributed by atoms with van der Waals surface area (Å²) >= 11 is 0. The Labute approximate surface area is 92.1 Å². The summed E-state index contributed by atoms with van der Waals surface area (Å²) in [7, 11) is 0. The van der Waals surface area contributed by atoms with Crippen molar-refractivity contribution in [3.05, 3.63) is 32.6 Å². The van der Waals surface area contributed by atoms with Crippen LogP contribution >= 0.6 is 0 Å². The van der Waals surface area contributed by atoms with Crippen molar-refractivity contribution in [1.82, 2.24) is 15.3 Å². The van der Waals surface area contributed by atoms with Crippen LogP contribution in [0.3, 0.4) is 0 Å². The van der Waals surface area contributed by atoms with Crippen molar-refractivity contribution in [1.29, 1.82) is 0 Å². The number of carbonyl (C=O) groups excluding carboxylic acids is 1. The number of H-pyrrole nitrogens is 2. The first-order chi connectivity index (χ1) is 7.51. The van der Waals surface area contributed by atoms with Gasteiger partial charge >= 0.3 is 5.69 Å². The minimum atomic E-state index is -0.598. The molecular weight excluding hydrogens is 210 g/mol. The predicted molar refractivity (Wildman–Crippen MR) is 59.3 cm³/mol. The lowest BCUT2D eigenvalue weighted by Crippen LogP contribution is -2.34. The second kappa shape index (κ2) is 5.29. The summed E-state index contributed by atoms with van der Waals surface area (Å²) in [6.07, 6.45) is 0.834. The van der Waals surface area contributed by atoms with Crippen molar-refractivity contribution in [2.75, 3.05) is 0 Å². The zero-order chi connectivity index (χ0) is 12.1. The summed E-state index contributed by atoms with van der Waals surface area (Å²) in [5.74, 6) is -0.212. The number of aromatic amines is 2. The number of hydrogen-bond donors (Lipinski definition) is 3. The molecule has 0 aliphatic heterocycles. The molecule has 0 saturated carbocycles. The normalized spacial score (nSPS) is 12.1. The van der Waals surface area contributed by atoms with Crippen molar-refractivity contribution in [2.45, 2.75) is 32.7 Å². The highest BCUT2D eigenvalue weighted by Gasteiger charge is 2.07. The molecule has 1 aromatic heterocycles. The molecule has 0 saturated heterocycles. The van der Waals surface area contributed by atoms with Gasteiger partial charge < -0.3 is 10.3 Å². The lowest BCUT2D eigenvalue weighted by Gasteiger charge is -2.10. The van der Waals surface area contributed by atoms with Gasteiger partial charge in [0.15, 0.2) is 0 Å². The molecule has 0 aliphatic rings. The Kier molecular flexibility index (Phi) is 4.04. The fourth-order valence-electron chi connectivity index (χ4n) is 1.22. The number of hydrogen-bond acceptors (Lipinski definition) is 3. The van der Waals surface area contributed by atoms with E-state index in [1.54, 1.807) is 0 Å². The molecule has 1 heterocycles. The van der Waals surface area contributed by atoms with E-state index in [1.807, 2.05) is 18.8 Å². The SMILES string of the molecule is CCC(C)NC(=O)Cc1cc(=O)[nH]c(=O)[nH]1. The summed E-state index contributed by atoms with van der Waals surface area (Å²) in [6, 6.07) is 1.29. The smallest absolute Gasteiger partial charge is 0.325 e. The molecule has 0 aromatic carbocycles. The maximum Gasteiger partial charge on any atom is 0.325 e. The molecule has 88 valence electrons. The van der Waals surface area contributed by atoms with Crippen LogP contribution < -0.4 is 16.6 Å². The predicted octanol–water partition coefficient (Wildman–Crippen LogP) is -0.480. The van der Waals surface area contributed by atoms with Crippen LogP contribution in [0.25, 0.3) is 0 Å². The van der Waals surface area contributed by atoms with Crippen LogP contribution in [0.2, 0.25) is 0 Å². The van der Waals surface area contributed by atoms with Gasteiger partial charge in [0.1, 0.15) is 0 Å². The lowest BCUT2D eigenvalue weighted by atomic mass is 10.2. The Morgan fingerprint density at radius 2 is 2.12 bits per heavy atom. The molecule has 0 aliphatic carbocycles. The first-order valence-corrected chi connectivity index (χ1v) is 5.13. The van der Waals surface area contributed by atoms with Crippen molar-refractivity contribution in [3.63, 3.8) is 0 Å². The van der Waals surface area contributed by atoms with Crippen LogP contribution in [0, 0.1) is 0 Å². The molecule has 1 aromatic rings. The standard InChI is InChI=1S/C10H15N3O3/c1-3-6(2)11-8(14)4-7-5-9(15)13-10(16)12-7/h5-6H,3-4H2,1-2H3,(H,11,14)(H2,12,13,15,16). The van der Waals surface area contributed by atoms with Gasteiger partial charge in [-0.25, -0.2) is 4.79 Å². The molecule has 6 heteroatoms. The average molecular weight is 225 g/mol. The maximum atomic E-state index is 11.5. The molecule has 0 fully saturated rings. The molecule has 1 atom stereocenters. The first kappa shape index (κ1) is 12.2. The van der Waals surface area contributed by atoms with E-state index in [0.29, 0.717) is 5.69 Å². The fraction of sp³-hybridized carbons (Fsp3) is 0.500. The van der Waals surface area contributed by atoms with Crippen LogP contribution in [0.5, 0.6) is 0 Å². The third-order valence-corrected chi connectivity index (χ3v) is 2.19. The van der Waals surface area contributed by atoms with Gasteiger partial charge in [0.2, 0.25) is 5.91 Å². The topological polar surface area (TPSA) is 94.8 Å². The highest BCUT2D eigenvalue weighted by molar-refractivity contribution is 5.78. The maximum absolute atomic E-state index is 11.5. The van der Waals surface area contributed by atoms with Gasteiger partial charge in [-0.1, -0.05) is 6.92 Å². The molecule has 0 radical (unpaired) electrons. The van der Waals surface area contributed by atoms with Crippen molar-refractivity contribution >= 4 is 5.91 Å². The number of aromatic nitrogens is 2. The Morgan fingerprint density at radius 3 is 2.69 bits per heavy atom. The van der Waals surface area contributed by atoms with Gasteiger partial charge in [0.05, 0.1) is 6.42 Å². The third kappa shape index (κ3) is 3.72. The number of rotatable bonds is 4. The molecular formula is C10H15N3O3. The number of amides is 1. The van der Waals surface area contributed by atoms with Crippen LogP contribution in [-0.2, 0) is 11.2 Å². The van der Waals surface area contributed by atoms with Gasteiger partial charge in [-0.05, 0) is 13.3 Å². The minimum Gasteiger partial charge on any atom is -0.353 e. The van der Waals surface area contributed by atoms with E-state index < -0.39 is 11.2 Å². The monoisotopic (exact) mass is 225 g/mol. The highest BCUT2D eigenvalue weighted by atomic mass is 16.2. The summed E-state index contributed by atoms with van der Waals surface area (Å²) in [5.41, 5.74) is -0.788. The summed E-state index contributed by atoms with van der Waals surface area (Å²) < 4.78 is 0. The van der Waals surface area contributed by atoms with Crippen molar-refractivity contribution in [3.8, 4) is 0 Å². The van der Waals surface area contributed by atoms with E-state index in [9.17, 15) is 14.4 Å². The van der Waals surface area contributed by atoms with Crippen LogP contribution in [0.1, 0.15) is 26.0 Å². The first-order valence-electron chi connectivity index (χ1n) is 5.13. The second-order valence-electron chi connectivity index (χ2n) is 3.67. The lowest BCUT2D eigenvalue weighted by molar-refractivity contribution is -0.121. The molecule has 0 bridgehead atoms. The van der Waals surface area contributed by atoms with E-state index in [1.165, 1.54) is 6.07 Å². The quantitative estimate of drug-likeness (QED) is 0.646. The number of nitrogens with one attached hydrogen (secondary N) is 3. The number of carbonyl (C=O) groups is 1. The van der Waals surface area contributed by atoms with Gasteiger partial charge in [0, 0.05) is 17.8 Å². The molecule has 1 rings (SSSR count). The van der Waals surface area contributed by atoms with Crippen LogP contribution in [0.15, 0.2) is 15.7 Å². The van der Waals surface area contributed by atoms with E-state index >= 15 is 0 Å². The zero-order valence-corrected chi connectivity index (χ0v) is 9.29. The third-order valence-electron chi connectivity index (χ3n) is 2.19. The minimum absolute atomic E-state index is 0.00347. The summed E-state index contributed by atoms with van der Waals surface area (Å²) in [5, 5.41) is 2.74. The summed E-state index contributed by atoms with van der Waals surface area (Å²) in [4.78, 5) is 37.8. The fourth-order valence-corrected chi connectivity index (χ4v) is 1.22. The van der Waals surface area contributed by atoms with Crippen molar-refractivity contribution < 1.29 is 4.79 Å². The highest BCUT2D eigenvalue weighted by Crippen LogP contribution is 1.92. The van der Waals surface area contributed by atoms with Crippen LogP contribution in [0.4, 0.5) is 0 Å². The Morgan fingerprint density at radius 1 is 1.44 bits per heavy atom. The Hall–Kier alpha value is -1.85. The van der Waals surface area contributed by atoms with Crippen LogP contribution in [-0.4, -0.2) is 21.9 Å². The van der Waals surface area contributed by atoms with E-state index in [4.69, 9.17) is 0 Å². The van der Waals surface area contributed by atoms with E-state index in [2.05, 4.69) is 10.3 Å². The zero-order valence-electron chi connectivity index (χ0n) is 9.29. The van der Waals surface area contributed by atoms with Gasteiger partial charge in [-0.2, -0.15) is 0 Å².